The number of aldehydes is 1. The van der Waals surface area contributed by atoms with Crippen molar-refractivity contribution in [2.24, 2.45) is 0 Å². The van der Waals surface area contributed by atoms with Gasteiger partial charge in [-0.1, -0.05) is 11.8 Å². The molecular weight excluding hydrogens is 380 g/mol. The largest absolute Gasteiger partial charge is 0.302 e. The highest BCUT2D eigenvalue weighted by atomic mass is 32.2. The fourth-order valence-electron chi connectivity index (χ4n) is 2.96. The maximum Gasteiger partial charge on any atom is 0.274 e. The highest BCUT2D eigenvalue weighted by Gasteiger charge is 2.34. The summed E-state index contributed by atoms with van der Waals surface area (Å²) in [5.74, 6) is 5.25. The van der Waals surface area contributed by atoms with Gasteiger partial charge in [-0.3, -0.25) is 10.0 Å². The van der Waals surface area contributed by atoms with Crippen LogP contribution in [0.15, 0.2) is 53.4 Å². The van der Waals surface area contributed by atoms with Gasteiger partial charge in [0, 0.05) is 23.2 Å². The van der Waals surface area contributed by atoms with Gasteiger partial charge in [0.05, 0.1) is 10.9 Å². The van der Waals surface area contributed by atoms with Crippen LogP contribution in [0.5, 0.6) is 0 Å². The van der Waals surface area contributed by atoms with E-state index in [1.54, 1.807) is 29.7 Å². The van der Waals surface area contributed by atoms with Crippen LogP contribution in [0.1, 0.15) is 34.3 Å². The van der Waals surface area contributed by atoms with E-state index in [0.717, 1.165) is 0 Å². The summed E-state index contributed by atoms with van der Waals surface area (Å²) in [7, 11) is -3.70. The van der Waals surface area contributed by atoms with Crippen LogP contribution in [0.4, 0.5) is 0 Å². The van der Waals surface area contributed by atoms with E-state index in [2.05, 4.69) is 11.8 Å². The molecular formula is C20H18N2O5S. The maximum atomic E-state index is 12.7. The number of nitrogens with one attached hydrogen (secondary N) is 1. The molecule has 3 rings (SSSR count). The van der Waals surface area contributed by atoms with Crippen LogP contribution >= 0.6 is 0 Å². The number of nitrogens with zero attached hydrogens (tertiary/aromatic N) is 1. The zero-order valence-electron chi connectivity index (χ0n) is 14.8. The van der Waals surface area contributed by atoms with Gasteiger partial charge in [0.2, 0.25) is 10.0 Å². The molecule has 1 heterocycles. The van der Waals surface area contributed by atoms with Crippen molar-refractivity contribution in [3.63, 3.8) is 0 Å². The number of carbonyl (C=O) groups is 2. The molecule has 28 heavy (non-hydrogen) atoms. The molecule has 2 N–H and O–H groups in total. The highest BCUT2D eigenvalue weighted by Crippen LogP contribution is 2.25. The Bertz CT molecular complexity index is 1030. The van der Waals surface area contributed by atoms with Gasteiger partial charge < -0.3 is 4.79 Å². The van der Waals surface area contributed by atoms with Crippen molar-refractivity contribution in [2.45, 2.75) is 23.8 Å². The number of amides is 1. The summed E-state index contributed by atoms with van der Waals surface area (Å²) < 4.78 is 26.6. The van der Waals surface area contributed by atoms with E-state index in [1.807, 2.05) is 0 Å². The van der Waals surface area contributed by atoms with Gasteiger partial charge in [0.15, 0.2) is 0 Å². The first-order chi connectivity index (χ1) is 13.5. The Labute approximate surface area is 163 Å². The van der Waals surface area contributed by atoms with Crippen LogP contribution in [0.25, 0.3) is 0 Å². The Morgan fingerprint density at radius 3 is 2.18 bits per heavy atom. The van der Waals surface area contributed by atoms with Crippen LogP contribution in [-0.2, 0) is 14.8 Å². The van der Waals surface area contributed by atoms with Crippen molar-refractivity contribution in [2.75, 3.05) is 6.54 Å². The molecule has 1 aliphatic rings. The summed E-state index contributed by atoms with van der Waals surface area (Å²) in [6.07, 6.45) is 1.90. The van der Waals surface area contributed by atoms with Crippen LogP contribution in [0.2, 0.25) is 0 Å². The van der Waals surface area contributed by atoms with Crippen molar-refractivity contribution < 1.29 is 23.2 Å². The lowest BCUT2D eigenvalue weighted by Crippen LogP contribution is -2.36. The van der Waals surface area contributed by atoms with E-state index in [1.165, 1.54) is 28.6 Å². The van der Waals surface area contributed by atoms with Gasteiger partial charge in [-0.15, -0.1) is 0 Å². The first-order valence-corrected chi connectivity index (χ1v) is 10.0. The van der Waals surface area contributed by atoms with Gasteiger partial charge in [-0.05, 0) is 61.4 Å². The summed E-state index contributed by atoms with van der Waals surface area (Å²) in [5.41, 5.74) is 3.15. The molecule has 144 valence electrons. The first-order valence-electron chi connectivity index (χ1n) is 8.59. The predicted octanol–water partition coefficient (Wildman–Crippen LogP) is 1.56. The van der Waals surface area contributed by atoms with Crippen molar-refractivity contribution in [1.82, 2.24) is 9.79 Å². The monoisotopic (exact) mass is 398 g/mol. The van der Waals surface area contributed by atoms with Crippen LogP contribution in [0, 0.1) is 11.8 Å². The minimum absolute atomic E-state index is 0.131. The fraction of sp³-hybridized carbons (Fsp3) is 0.200. The molecule has 1 saturated heterocycles. The molecule has 0 saturated carbocycles. The summed E-state index contributed by atoms with van der Waals surface area (Å²) >= 11 is 0. The number of carbonyl (C=O) groups excluding carboxylic acids is 2. The average Bonchev–Trinajstić information content (AvgIpc) is 3.22. The molecule has 1 amide bonds. The summed E-state index contributed by atoms with van der Waals surface area (Å²) in [5, 5.41) is 8.60. The zero-order chi connectivity index (χ0) is 20.1. The molecule has 0 spiro atoms. The van der Waals surface area contributed by atoms with Gasteiger partial charge in [0.1, 0.15) is 6.29 Å². The number of hydroxylamine groups is 1. The lowest BCUT2D eigenvalue weighted by molar-refractivity contribution is -0.110. The van der Waals surface area contributed by atoms with E-state index in [-0.39, 0.29) is 4.90 Å². The minimum atomic E-state index is -3.70. The van der Waals surface area contributed by atoms with Gasteiger partial charge in [0.25, 0.3) is 5.91 Å². The number of benzene rings is 2. The second-order valence-electron chi connectivity index (χ2n) is 6.25. The predicted molar refractivity (Wildman–Crippen MR) is 101 cm³/mol. The smallest absolute Gasteiger partial charge is 0.274 e. The SMILES string of the molecule is O=C[C@H]1CCCN1S(=O)(=O)c1ccc(C#Cc2ccc(C(=O)NO)cc2)cc1. The molecule has 0 bridgehead atoms. The molecule has 1 aliphatic heterocycles. The normalized spacial score (nSPS) is 16.8. The van der Waals surface area contributed by atoms with Gasteiger partial charge in [-0.25, -0.2) is 13.9 Å². The van der Waals surface area contributed by atoms with E-state index in [4.69, 9.17) is 5.21 Å². The summed E-state index contributed by atoms with van der Waals surface area (Å²) in [6, 6.07) is 11.9. The van der Waals surface area contributed by atoms with E-state index in [0.29, 0.717) is 42.4 Å². The molecule has 2 aromatic rings. The fourth-order valence-corrected chi connectivity index (χ4v) is 4.59. The van der Waals surface area contributed by atoms with Crippen LogP contribution < -0.4 is 5.48 Å². The topological polar surface area (TPSA) is 104 Å². The van der Waals surface area contributed by atoms with Gasteiger partial charge in [-0.2, -0.15) is 4.31 Å². The highest BCUT2D eigenvalue weighted by molar-refractivity contribution is 7.89. The third kappa shape index (κ3) is 4.12. The second-order valence-corrected chi connectivity index (χ2v) is 8.14. The Hall–Kier alpha value is -2.99. The molecule has 0 aromatic heterocycles. The lowest BCUT2D eigenvalue weighted by atomic mass is 10.1. The molecule has 0 radical (unpaired) electrons. The number of sulfonamides is 1. The second kappa shape index (κ2) is 8.35. The van der Waals surface area contributed by atoms with Crippen molar-refractivity contribution in [3.8, 4) is 11.8 Å². The molecule has 1 atom stereocenters. The van der Waals surface area contributed by atoms with Crippen LogP contribution in [-0.4, -0.2) is 42.7 Å². The van der Waals surface area contributed by atoms with E-state index >= 15 is 0 Å². The Morgan fingerprint density at radius 1 is 1.07 bits per heavy atom. The molecule has 0 unspecified atom stereocenters. The van der Waals surface area contributed by atoms with Gasteiger partial charge >= 0.3 is 0 Å². The van der Waals surface area contributed by atoms with Crippen LogP contribution in [0.3, 0.4) is 0 Å². The molecule has 0 aliphatic carbocycles. The quantitative estimate of drug-likeness (QED) is 0.352. The average molecular weight is 398 g/mol. The summed E-state index contributed by atoms with van der Waals surface area (Å²) in [6.45, 7) is 0.345. The number of hydrogen-bond donors (Lipinski definition) is 2. The third-order valence-electron chi connectivity index (χ3n) is 4.47. The molecule has 7 nitrogen and oxygen atoms in total. The van der Waals surface area contributed by atoms with E-state index in [9.17, 15) is 18.0 Å². The Morgan fingerprint density at radius 2 is 1.64 bits per heavy atom. The van der Waals surface area contributed by atoms with Crippen molar-refractivity contribution >= 4 is 22.2 Å². The minimum Gasteiger partial charge on any atom is -0.302 e. The third-order valence-corrected chi connectivity index (χ3v) is 6.40. The molecule has 2 aromatic carbocycles. The summed E-state index contributed by atoms with van der Waals surface area (Å²) in [4.78, 5) is 22.5. The van der Waals surface area contributed by atoms with E-state index < -0.39 is 22.0 Å². The number of rotatable bonds is 4. The lowest BCUT2D eigenvalue weighted by Gasteiger charge is -2.19. The van der Waals surface area contributed by atoms with Crippen molar-refractivity contribution in [1.29, 1.82) is 0 Å². The van der Waals surface area contributed by atoms with Crippen molar-refractivity contribution in [3.05, 3.63) is 65.2 Å². The molecule has 1 fully saturated rings. The first kappa shape index (κ1) is 19.8. The number of hydrogen-bond acceptors (Lipinski definition) is 5. The zero-order valence-corrected chi connectivity index (χ0v) is 15.6. The Balaban J connectivity index is 1.76. The molecule has 8 heteroatoms. The maximum absolute atomic E-state index is 12.7. The Kier molecular flexibility index (Phi) is 5.90. The standard InChI is InChI=1S/C20H18N2O5S/c23-14-18-2-1-13-22(18)28(26,27)19-11-7-16(8-12-19)4-3-15-5-9-17(10-6-15)20(24)21-25/h5-12,14,18,25H,1-2,13H2,(H,21,24)/t18-/m1/s1.